The highest BCUT2D eigenvalue weighted by molar-refractivity contribution is 5.23. The fraction of sp³-hybridized carbons (Fsp3) is 0.353. The van der Waals surface area contributed by atoms with Crippen LogP contribution in [0.4, 0.5) is 0 Å². The highest BCUT2D eigenvalue weighted by Gasteiger charge is 2.02. The molecule has 1 unspecified atom stereocenters. The van der Waals surface area contributed by atoms with Crippen LogP contribution in [-0.4, -0.2) is 4.57 Å². The zero-order chi connectivity index (χ0) is 13.7. The number of pyridine rings is 1. The van der Waals surface area contributed by atoms with Crippen LogP contribution in [-0.2, 0) is 13.0 Å². The van der Waals surface area contributed by atoms with Gasteiger partial charge in [-0.25, -0.2) is 0 Å². The van der Waals surface area contributed by atoms with Crippen LogP contribution in [0.15, 0.2) is 53.5 Å². The maximum Gasteiger partial charge on any atom is 0.250 e. The first-order chi connectivity index (χ1) is 9.19. The molecule has 2 heteroatoms. The zero-order valence-corrected chi connectivity index (χ0v) is 11.7. The Morgan fingerprint density at radius 1 is 1.05 bits per heavy atom. The molecule has 19 heavy (non-hydrogen) atoms. The van der Waals surface area contributed by atoms with Crippen LogP contribution in [0.1, 0.15) is 31.4 Å². The molecule has 0 aliphatic rings. The molecule has 0 aliphatic heterocycles. The fourth-order valence-electron chi connectivity index (χ4n) is 2.12. The Labute approximate surface area is 114 Å². The molecular formula is C17H21NO. The van der Waals surface area contributed by atoms with Gasteiger partial charge in [-0.05, 0) is 29.5 Å². The van der Waals surface area contributed by atoms with E-state index in [4.69, 9.17) is 0 Å². The van der Waals surface area contributed by atoms with Crippen LogP contribution in [0.3, 0.4) is 0 Å². The molecule has 100 valence electrons. The van der Waals surface area contributed by atoms with Gasteiger partial charge in [0, 0.05) is 12.3 Å². The number of aromatic nitrogens is 1. The van der Waals surface area contributed by atoms with Crippen molar-refractivity contribution >= 4 is 0 Å². The molecule has 0 radical (unpaired) electrons. The molecule has 0 N–H and O–H groups in total. The third-order valence-electron chi connectivity index (χ3n) is 3.56. The van der Waals surface area contributed by atoms with E-state index in [1.807, 2.05) is 12.3 Å². The van der Waals surface area contributed by atoms with Gasteiger partial charge in [0.25, 0.3) is 5.56 Å². The highest BCUT2D eigenvalue weighted by atomic mass is 16.1. The van der Waals surface area contributed by atoms with Crippen molar-refractivity contribution in [2.45, 2.75) is 33.2 Å². The Balaban J connectivity index is 2.07. The number of hydrogen-bond acceptors (Lipinski definition) is 1. The topological polar surface area (TPSA) is 22.0 Å². The number of hydrogen-bond donors (Lipinski definition) is 0. The summed E-state index contributed by atoms with van der Waals surface area (Å²) in [6.45, 7) is 5.14. The Bertz CT molecular complexity index is 568. The highest BCUT2D eigenvalue weighted by Crippen LogP contribution is 2.12. The molecule has 2 aromatic rings. The standard InChI is InChI=1S/C17H21NO/c1-3-14(2)12-15-7-9-16(10-8-15)13-18-11-5-4-6-17(18)19/h4-11,14H,3,12-13H2,1-2H3. The lowest BCUT2D eigenvalue weighted by molar-refractivity contribution is 0.560. The molecule has 0 aliphatic carbocycles. The average molecular weight is 255 g/mol. The van der Waals surface area contributed by atoms with E-state index in [-0.39, 0.29) is 5.56 Å². The quantitative estimate of drug-likeness (QED) is 0.801. The van der Waals surface area contributed by atoms with E-state index in [1.54, 1.807) is 16.7 Å². The van der Waals surface area contributed by atoms with Crippen LogP contribution < -0.4 is 5.56 Å². The second-order valence-electron chi connectivity index (χ2n) is 5.20. The fourth-order valence-corrected chi connectivity index (χ4v) is 2.12. The van der Waals surface area contributed by atoms with Crippen molar-refractivity contribution in [3.05, 3.63) is 70.1 Å². The zero-order valence-electron chi connectivity index (χ0n) is 11.7. The van der Waals surface area contributed by atoms with E-state index in [9.17, 15) is 4.79 Å². The van der Waals surface area contributed by atoms with Crippen LogP contribution >= 0.6 is 0 Å². The number of rotatable bonds is 5. The van der Waals surface area contributed by atoms with Gasteiger partial charge in [0.2, 0.25) is 0 Å². The lowest BCUT2D eigenvalue weighted by Gasteiger charge is -2.10. The molecule has 0 saturated heterocycles. The number of nitrogens with zero attached hydrogens (tertiary/aromatic N) is 1. The lowest BCUT2D eigenvalue weighted by atomic mass is 9.98. The first kappa shape index (κ1) is 13.6. The van der Waals surface area contributed by atoms with Crippen molar-refractivity contribution in [1.82, 2.24) is 4.57 Å². The van der Waals surface area contributed by atoms with E-state index >= 15 is 0 Å². The molecule has 1 aromatic carbocycles. The van der Waals surface area contributed by atoms with Gasteiger partial charge < -0.3 is 4.57 Å². The maximum absolute atomic E-state index is 11.6. The van der Waals surface area contributed by atoms with E-state index in [0.29, 0.717) is 6.54 Å². The first-order valence-corrected chi connectivity index (χ1v) is 6.92. The smallest absolute Gasteiger partial charge is 0.250 e. The predicted octanol–water partition coefficient (Wildman–Crippen LogP) is 3.49. The molecule has 2 nitrogen and oxygen atoms in total. The molecule has 0 fully saturated rings. The molecule has 1 atom stereocenters. The predicted molar refractivity (Wildman–Crippen MR) is 79.4 cm³/mol. The van der Waals surface area contributed by atoms with E-state index in [1.165, 1.54) is 17.5 Å². The van der Waals surface area contributed by atoms with Crippen molar-refractivity contribution in [2.24, 2.45) is 5.92 Å². The van der Waals surface area contributed by atoms with Crippen molar-refractivity contribution in [3.63, 3.8) is 0 Å². The number of benzene rings is 1. The molecule has 0 bridgehead atoms. The molecule has 0 spiro atoms. The van der Waals surface area contributed by atoms with Gasteiger partial charge in [0.05, 0.1) is 6.54 Å². The summed E-state index contributed by atoms with van der Waals surface area (Å²) >= 11 is 0. The summed E-state index contributed by atoms with van der Waals surface area (Å²) in [4.78, 5) is 11.6. The van der Waals surface area contributed by atoms with Gasteiger partial charge >= 0.3 is 0 Å². The molecule has 1 aromatic heterocycles. The van der Waals surface area contributed by atoms with Crippen LogP contribution in [0.2, 0.25) is 0 Å². The molecule has 1 heterocycles. The summed E-state index contributed by atoms with van der Waals surface area (Å²) in [7, 11) is 0. The monoisotopic (exact) mass is 255 g/mol. The second kappa shape index (κ2) is 6.37. The molecular weight excluding hydrogens is 234 g/mol. The van der Waals surface area contributed by atoms with Gasteiger partial charge in [0.15, 0.2) is 0 Å². The first-order valence-electron chi connectivity index (χ1n) is 6.92. The summed E-state index contributed by atoms with van der Waals surface area (Å²) in [5, 5.41) is 0. The van der Waals surface area contributed by atoms with Crippen LogP contribution in [0, 0.1) is 5.92 Å². The lowest BCUT2D eigenvalue weighted by Crippen LogP contribution is -2.18. The largest absolute Gasteiger partial charge is 0.311 e. The van der Waals surface area contributed by atoms with Crippen molar-refractivity contribution in [2.75, 3.05) is 0 Å². The SMILES string of the molecule is CCC(C)Cc1ccc(Cn2ccccc2=O)cc1. The molecule has 0 amide bonds. The Hall–Kier alpha value is -1.83. The third-order valence-corrected chi connectivity index (χ3v) is 3.56. The van der Waals surface area contributed by atoms with Gasteiger partial charge in [-0.1, -0.05) is 50.6 Å². The van der Waals surface area contributed by atoms with Crippen molar-refractivity contribution < 1.29 is 0 Å². The van der Waals surface area contributed by atoms with Gasteiger partial charge in [-0.15, -0.1) is 0 Å². The maximum atomic E-state index is 11.6. The van der Waals surface area contributed by atoms with Crippen molar-refractivity contribution in [1.29, 1.82) is 0 Å². The third kappa shape index (κ3) is 3.82. The van der Waals surface area contributed by atoms with Crippen LogP contribution in [0.5, 0.6) is 0 Å². The minimum Gasteiger partial charge on any atom is -0.311 e. The minimum atomic E-state index is 0.0474. The van der Waals surface area contributed by atoms with E-state index in [2.05, 4.69) is 38.1 Å². The van der Waals surface area contributed by atoms with Crippen molar-refractivity contribution in [3.8, 4) is 0 Å². The minimum absolute atomic E-state index is 0.0474. The Kier molecular flexibility index (Phi) is 4.56. The summed E-state index contributed by atoms with van der Waals surface area (Å²) in [5.74, 6) is 0.725. The average Bonchev–Trinajstić information content (AvgIpc) is 2.43. The van der Waals surface area contributed by atoms with Gasteiger partial charge in [-0.2, -0.15) is 0 Å². The Morgan fingerprint density at radius 2 is 1.74 bits per heavy atom. The molecule has 2 rings (SSSR count). The summed E-state index contributed by atoms with van der Waals surface area (Å²) in [5.41, 5.74) is 2.59. The summed E-state index contributed by atoms with van der Waals surface area (Å²) in [6, 6.07) is 13.9. The summed E-state index contributed by atoms with van der Waals surface area (Å²) in [6.07, 6.45) is 4.17. The normalized spacial score (nSPS) is 12.3. The van der Waals surface area contributed by atoms with Gasteiger partial charge in [0.1, 0.15) is 0 Å². The van der Waals surface area contributed by atoms with Gasteiger partial charge in [-0.3, -0.25) is 4.79 Å². The van der Waals surface area contributed by atoms with E-state index < -0.39 is 0 Å². The van der Waals surface area contributed by atoms with E-state index in [0.717, 1.165) is 12.3 Å². The Morgan fingerprint density at radius 3 is 2.37 bits per heavy atom. The van der Waals surface area contributed by atoms with Crippen LogP contribution in [0.25, 0.3) is 0 Å². The molecule has 0 saturated carbocycles. The summed E-state index contributed by atoms with van der Waals surface area (Å²) < 4.78 is 1.73. The second-order valence-corrected chi connectivity index (χ2v) is 5.20.